The third kappa shape index (κ3) is 5.91. The first-order valence-electron chi connectivity index (χ1n) is 6.73. The maximum absolute atomic E-state index is 12.2. The van der Waals surface area contributed by atoms with Crippen molar-refractivity contribution in [2.24, 2.45) is 5.41 Å². The zero-order chi connectivity index (χ0) is 16.3. The summed E-state index contributed by atoms with van der Waals surface area (Å²) < 4.78 is 40.2. The highest BCUT2D eigenvalue weighted by Crippen LogP contribution is 2.23. The smallest absolute Gasteiger partial charge is 0.372 e. The molecule has 0 aliphatic carbocycles. The van der Waals surface area contributed by atoms with E-state index >= 15 is 0 Å². The summed E-state index contributed by atoms with van der Waals surface area (Å²) in [5.41, 5.74) is -0.418. The molecule has 1 saturated heterocycles. The highest BCUT2D eigenvalue weighted by atomic mass is 19.4. The Hall–Kier alpha value is -1.31. The van der Waals surface area contributed by atoms with E-state index in [4.69, 9.17) is 0 Å². The third-order valence-electron chi connectivity index (χ3n) is 3.05. The minimum Gasteiger partial charge on any atom is -0.372 e. The van der Waals surface area contributed by atoms with Gasteiger partial charge < -0.3 is 15.0 Å². The number of hydrogen-bond donors (Lipinski definition) is 1. The van der Waals surface area contributed by atoms with E-state index < -0.39 is 24.2 Å². The van der Waals surface area contributed by atoms with Crippen molar-refractivity contribution >= 4 is 11.8 Å². The first-order valence-corrected chi connectivity index (χ1v) is 6.73. The summed E-state index contributed by atoms with van der Waals surface area (Å²) in [5.74, 6) is -0.469. The number of carbonyl (C=O) groups is 2. The van der Waals surface area contributed by atoms with Gasteiger partial charge in [0.25, 0.3) is 0 Å². The van der Waals surface area contributed by atoms with Crippen LogP contribution in [0.3, 0.4) is 0 Å². The van der Waals surface area contributed by atoms with Gasteiger partial charge >= 0.3 is 6.18 Å². The van der Waals surface area contributed by atoms with E-state index in [0.29, 0.717) is 0 Å². The van der Waals surface area contributed by atoms with Crippen LogP contribution in [0.4, 0.5) is 13.2 Å². The SMILES string of the molecule is CC(C)(C)C1NC(=O)CN(CCCOCC(F)(F)F)C1=O. The second-order valence-electron chi connectivity index (χ2n) is 6.15. The molecule has 0 bridgehead atoms. The van der Waals surface area contributed by atoms with Crippen molar-refractivity contribution in [3.8, 4) is 0 Å². The quantitative estimate of drug-likeness (QED) is 0.779. The number of nitrogens with zero attached hydrogens (tertiary/aromatic N) is 1. The molecule has 2 amide bonds. The molecule has 0 aromatic rings. The van der Waals surface area contributed by atoms with Gasteiger partial charge in [-0.05, 0) is 11.8 Å². The fraction of sp³-hybridized carbons (Fsp3) is 0.846. The second-order valence-corrected chi connectivity index (χ2v) is 6.15. The number of rotatable bonds is 5. The van der Waals surface area contributed by atoms with Crippen LogP contribution in [0.1, 0.15) is 27.2 Å². The molecule has 0 spiro atoms. The molecule has 1 fully saturated rings. The Balaban J connectivity index is 2.43. The summed E-state index contributed by atoms with van der Waals surface area (Å²) in [4.78, 5) is 25.2. The van der Waals surface area contributed by atoms with E-state index in [0.717, 1.165) is 0 Å². The van der Waals surface area contributed by atoms with Crippen LogP contribution in [0.25, 0.3) is 0 Å². The topological polar surface area (TPSA) is 58.6 Å². The lowest BCUT2D eigenvalue weighted by Gasteiger charge is -2.38. The lowest BCUT2D eigenvalue weighted by molar-refractivity contribution is -0.174. The Labute approximate surface area is 121 Å². The number of piperazine rings is 1. The number of halogens is 3. The molecule has 1 N–H and O–H groups in total. The predicted molar refractivity (Wildman–Crippen MR) is 69.5 cm³/mol. The maximum Gasteiger partial charge on any atom is 0.411 e. The van der Waals surface area contributed by atoms with E-state index in [2.05, 4.69) is 10.1 Å². The third-order valence-corrected chi connectivity index (χ3v) is 3.05. The van der Waals surface area contributed by atoms with Gasteiger partial charge in [0.05, 0.1) is 6.54 Å². The highest BCUT2D eigenvalue weighted by molar-refractivity contribution is 5.95. The van der Waals surface area contributed by atoms with Crippen LogP contribution >= 0.6 is 0 Å². The summed E-state index contributed by atoms with van der Waals surface area (Å²) in [6.07, 6.45) is -4.09. The molecule has 1 rings (SSSR count). The van der Waals surface area contributed by atoms with Gasteiger partial charge in [0.1, 0.15) is 12.6 Å². The summed E-state index contributed by atoms with van der Waals surface area (Å²) in [5, 5.41) is 2.65. The maximum atomic E-state index is 12.2. The zero-order valence-corrected chi connectivity index (χ0v) is 12.4. The molecule has 5 nitrogen and oxygen atoms in total. The normalized spacial score (nSPS) is 20.7. The average molecular weight is 310 g/mol. The second kappa shape index (κ2) is 6.64. The van der Waals surface area contributed by atoms with Gasteiger partial charge in [-0.15, -0.1) is 0 Å². The van der Waals surface area contributed by atoms with Crippen molar-refractivity contribution in [2.45, 2.75) is 39.4 Å². The Morgan fingerprint density at radius 2 is 1.90 bits per heavy atom. The van der Waals surface area contributed by atoms with Gasteiger partial charge in [-0.1, -0.05) is 20.8 Å². The van der Waals surface area contributed by atoms with Crippen molar-refractivity contribution in [1.29, 1.82) is 0 Å². The number of ether oxygens (including phenoxy) is 1. The van der Waals surface area contributed by atoms with Gasteiger partial charge in [0, 0.05) is 13.2 Å². The number of hydrogen-bond acceptors (Lipinski definition) is 3. The molecule has 21 heavy (non-hydrogen) atoms. The molecule has 1 heterocycles. The lowest BCUT2D eigenvalue weighted by atomic mass is 9.85. The molecule has 122 valence electrons. The molecule has 0 radical (unpaired) electrons. The fourth-order valence-corrected chi connectivity index (χ4v) is 2.02. The van der Waals surface area contributed by atoms with E-state index in [1.54, 1.807) is 0 Å². The van der Waals surface area contributed by atoms with Crippen LogP contribution < -0.4 is 5.32 Å². The number of nitrogens with one attached hydrogen (secondary N) is 1. The van der Waals surface area contributed by atoms with E-state index in [9.17, 15) is 22.8 Å². The highest BCUT2D eigenvalue weighted by Gasteiger charge is 2.39. The van der Waals surface area contributed by atoms with E-state index in [1.807, 2.05) is 20.8 Å². The molecule has 0 aromatic carbocycles. The Kier molecular flexibility index (Phi) is 5.61. The summed E-state index contributed by atoms with van der Waals surface area (Å²) in [7, 11) is 0. The molecule has 0 saturated carbocycles. The van der Waals surface area contributed by atoms with Crippen LogP contribution in [0, 0.1) is 5.41 Å². The van der Waals surface area contributed by atoms with Gasteiger partial charge in [-0.25, -0.2) is 0 Å². The molecule has 1 atom stereocenters. The molecular formula is C13H21F3N2O3. The minimum absolute atomic E-state index is 0.0648. The number of amides is 2. The largest absolute Gasteiger partial charge is 0.411 e. The summed E-state index contributed by atoms with van der Waals surface area (Å²) in [6.45, 7) is 4.25. The van der Waals surface area contributed by atoms with Crippen molar-refractivity contribution in [3.63, 3.8) is 0 Å². The summed E-state index contributed by atoms with van der Waals surface area (Å²) >= 11 is 0. The predicted octanol–water partition coefficient (Wildman–Crippen LogP) is 1.33. The Morgan fingerprint density at radius 3 is 2.43 bits per heavy atom. The van der Waals surface area contributed by atoms with Crippen LogP contribution in [0.5, 0.6) is 0 Å². The number of carbonyl (C=O) groups excluding carboxylic acids is 2. The van der Waals surface area contributed by atoms with Crippen molar-refractivity contribution in [2.75, 3.05) is 26.3 Å². The van der Waals surface area contributed by atoms with E-state index in [1.165, 1.54) is 4.90 Å². The fourth-order valence-electron chi connectivity index (χ4n) is 2.02. The molecule has 1 unspecified atom stereocenters. The van der Waals surface area contributed by atoms with Crippen LogP contribution in [-0.2, 0) is 14.3 Å². The Morgan fingerprint density at radius 1 is 1.29 bits per heavy atom. The van der Waals surface area contributed by atoms with Crippen molar-refractivity contribution in [3.05, 3.63) is 0 Å². The summed E-state index contributed by atoms with van der Waals surface area (Å²) in [6, 6.07) is -0.616. The average Bonchev–Trinajstić information content (AvgIpc) is 2.29. The van der Waals surface area contributed by atoms with Gasteiger partial charge in [0.2, 0.25) is 11.8 Å². The van der Waals surface area contributed by atoms with Crippen molar-refractivity contribution in [1.82, 2.24) is 10.2 Å². The van der Waals surface area contributed by atoms with Gasteiger partial charge in [-0.3, -0.25) is 9.59 Å². The molecule has 1 aliphatic rings. The molecular weight excluding hydrogens is 289 g/mol. The molecule has 8 heteroatoms. The van der Waals surface area contributed by atoms with E-state index in [-0.39, 0.29) is 37.9 Å². The number of alkyl halides is 3. The van der Waals surface area contributed by atoms with Gasteiger partial charge in [0.15, 0.2) is 0 Å². The van der Waals surface area contributed by atoms with Crippen LogP contribution in [0.2, 0.25) is 0 Å². The minimum atomic E-state index is -4.35. The first kappa shape index (κ1) is 17.7. The zero-order valence-electron chi connectivity index (χ0n) is 12.4. The standard InChI is InChI=1S/C13H21F3N2O3/c1-12(2,3)10-11(20)18(7-9(19)17-10)5-4-6-21-8-13(14,15)16/h10H,4-8H2,1-3H3,(H,17,19). The monoisotopic (exact) mass is 310 g/mol. The van der Waals surface area contributed by atoms with Crippen LogP contribution in [-0.4, -0.2) is 55.2 Å². The first-order chi connectivity index (χ1) is 9.50. The Bertz CT molecular complexity index is 391. The molecule has 1 aliphatic heterocycles. The van der Waals surface area contributed by atoms with Crippen LogP contribution in [0.15, 0.2) is 0 Å². The molecule has 0 aromatic heterocycles. The lowest BCUT2D eigenvalue weighted by Crippen LogP contribution is -2.62. The van der Waals surface area contributed by atoms with Crippen molar-refractivity contribution < 1.29 is 27.5 Å². The van der Waals surface area contributed by atoms with Gasteiger partial charge in [-0.2, -0.15) is 13.2 Å².